The minimum atomic E-state index is -0.443. The number of aromatic nitrogens is 2. The molecule has 0 atom stereocenters. The second-order valence-corrected chi connectivity index (χ2v) is 5.17. The summed E-state index contributed by atoms with van der Waals surface area (Å²) >= 11 is 0. The average molecular weight is 273 g/mol. The number of hydrogen-bond acceptors (Lipinski definition) is 2. The number of amides is 1. The first-order valence-electron chi connectivity index (χ1n) is 6.72. The molecule has 1 heterocycles. The Morgan fingerprint density at radius 2 is 2.10 bits per heavy atom. The van der Waals surface area contributed by atoms with E-state index in [1.54, 1.807) is 24.7 Å². The van der Waals surface area contributed by atoms with Crippen LogP contribution in [0, 0.1) is 5.82 Å². The summed E-state index contributed by atoms with van der Waals surface area (Å²) in [6, 6.07) is 6.23. The molecule has 1 aliphatic rings. The molecular weight excluding hydrogens is 257 g/mol. The summed E-state index contributed by atoms with van der Waals surface area (Å²) in [5.41, 5.74) is 1.46. The number of benzene rings is 1. The highest BCUT2D eigenvalue weighted by Crippen LogP contribution is 2.48. The predicted molar refractivity (Wildman–Crippen MR) is 72.6 cm³/mol. The lowest BCUT2D eigenvalue weighted by atomic mass is 9.95. The van der Waals surface area contributed by atoms with Crippen molar-refractivity contribution in [2.45, 2.75) is 24.7 Å². The number of nitrogens with zero attached hydrogens (tertiary/aromatic N) is 1. The van der Waals surface area contributed by atoms with Gasteiger partial charge >= 0.3 is 0 Å². The van der Waals surface area contributed by atoms with Gasteiger partial charge in [-0.2, -0.15) is 0 Å². The highest BCUT2D eigenvalue weighted by molar-refractivity contribution is 5.91. The number of halogens is 1. The lowest BCUT2D eigenvalue weighted by molar-refractivity contribution is -0.123. The third kappa shape index (κ3) is 2.43. The summed E-state index contributed by atoms with van der Waals surface area (Å²) in [4.78, 5) is 19.2. The van der Waals surface area contributed by atoms with Gasteiger partial charge in [-0.15, -0.1) is 0 Å². The van der Waals surface area contributed by atoms with E-state index in [1.165, 1.54) is 12.1 Å². The Kier molecular flexibility index (Phi) is 3.26. The van der Waals surface area contributed by atoms with Crippen molar-refractivity contribution in [2.24, 2.45) is 0 Å². The van der Waals surface area contributed by atoms with E-state index in [2.05, 4.69) is 15.3 Å². The van der Waals surface area contributed by atoms with Crippen molar-refractivity contribution in [1.82, 2.24) is 15.3 Å². The molecule has 104 valence electrons. The molecule has 0 bridgehead atoms. The molecule has 1 amide bonds. The lowest BCUT2D eigenvalue weighted by Crippen LogP contribution is -2.36. The minimum Gasteiger partial charge on any atom is -0.355 e. The third-order valence-electron chi connectivity index (χ3n) is 3.82. The number of hydrogen-bond donors (Lipinski definition) is 2. The fourth-order valence-electron chi connectivity index (χ4n) is 2.44. The second kappa shape index (κ2) is 5.07. The molecule has 20 heavy (non-hydrogen) atoms. The SMILES string of the molecule is O=C(NCCc1cnc[nH]1)C1(c2ccc(F)cc2)CC1. The zero-order chi connectivity index (χ0) is 14.0. The maximum atomic E-state index is 12.9. The molecular formula is C15H16FN3O. The molecule has 1 saturated carbocycles. The molecule has 0 aliphatic heterocycles. The lowest BCUT2D eigenvalue weighted by Gasteiger charge is -2.15. The van der Waals surface area contributed by atoms with Crippen LogP contribution in [0.3, 0.4) is 0 Å². The zero-order valence-electron chi connectivity index (χ0n) is 11.0. The first-order valence-corrected chi connectivity index (χ1v) is 6.72. The van der Waals surface area contributed by atoms with Crippen molar-refractivity contribution in [3.8, 4) is 0 Å². The van der Waals surface area contributed by atoms with Gasteiger partial charge < -0.3 is 10.3 Å². The van der Waals surface area contributed by atoms with Crippen molar-refractivity contribution in [1.29, 1.82) is 0 Å². The van der Waals surface area contributed by atoms with Crippen LogP contribution in [0.4, 0.5) is 4.39 Å². The number of carbonyl (C=O) groups excluding carboxylic acids is 1. The van der Waals surface area contributed by atoms with Gasteiger partial charge in [0.05, 0.1) is 11.7 Å². The van der Waals surface area contributed by atoms with Crippen LogP contribution >= 0.6 is 0 Å². The van der Waals surface area contributed by atoms with E-state index in [1.807, 2.05) is 0 Å². The van der Waals surface area contributed by atoms with E-state index >= 15 is 0 Å². The van der Waals surface area contributed by atoms with E-state index in [4.69, 9.17) is 0 Å². The van der Waals surface area contributed by atoms with Crippen molar-refractivity contribution < 1.29 is 9.18 Å². The van der Waals surface area contributed by atoms with Crippen LogP contribution in [-0.2, 0) is 16.6 Å². The molecule has 2 aromatic rings. The smallest absolute Gasteiger partial charge is 0.230 e. The quantitative estimate of drug-likeness (QED) is 0.874. The van der Waals surface area contributed by atoms with E-state index < -0.39 is 5.41 Å². The van der Waals surface area contributed by atoms with Crippen LogP contribution in [0.2, 0.25) is 0 Å². The van der Waals surface area contributed by atoms with Crippen LogP contribution in [0.5, 0.6) is 0 Å². The van der Waals surface area contributed by atoms with E-state index in [0.717, 1.165) is 30.5 Å². The fraction of sp³-hybridized carbons (Fsp3) is 0.333. The van der Waals surface area contributed by atoms with E-state index in [9.17, 15) is 9.18 Å². The molecule has 1 aromatic carbocycles. The highest BCUT2D eigenvalue weighted by atomic mass is 19.1. The van der Waals surface area contributed by atoms with Crippen molar-refractivity contribution in [3.05, 3.63) is 53.9 Å². The van der Waals surface area contributed by atoms with Crippen LogP contribution in [-0.4, -0.2) is 22.4 Å². The average Bonchev–Trinajstić information content (AvgIpc) is 3.10. The number of rotatable bonds is 5. The Bertz CT molecular complexity index is 588. The maximum Gasteiger partial charge on any atom is 0.230 e. The summed E-state index contributed by atoms with van der Waals surface area (Å²) in [6.07, 6.45) is 5.76. The molecule has 5 heteroatoms. The van der Waals surface area contributed by atoms with Crippen molar-refractivity contribution in [2.75, 3.05) is 6.54 Å². The summed E-state index contributed by atoms with van der Waals surface area (Å²) in [5.74, 6) is -0.243. The summed E-state index contributed by atoms with van der Waals surface area (Å²) in [7, 11) is 0. The van der Waals surface area contributed by atoms with Gasteiger partial charge in [-0.1, -0.05) is 12.1 Å². The fourth-order valence-corrected chi connectivity index (χ4v) is 2.44. The van der Waals surface area contributed by atoms with E-state index in [-0.39, 0.29) is 11.7 Å². The van der Waals surface area contributed by atoms with Crippen LogP contribution in [0.1, 0.15) is 24.1 Å². The standard InChI is InChI=1S/C15H16FN3O/c16-12-3-1-11(2-4-12)15(6-7-15)14(20)18-8-5-13-9-17-10-19-13/h1-4,9-10H,5-8H2,(H,17,19)(H,18,20). The summed E-state index contributed by atoms with van der Waals surface area (Å²) in [5, 5.41) is 2.96. The van der Waals surface area contributed by atoms with Gasteiger partial charge in [0.25, 0.3) is 0 Å². The van der Waals surface area contributed by atoms with Crippen LogP contribution in [0.25, 0.3) is 0 Å². The molecule has 0 radical (unpaired) electrons. The largest absolute Gasteiger partial charge is 0.355 e. The van der Waals surface area contributed by atoms with E-state index in [0.29, 0.717) is 6.54 Å². The Morgan fingerprint density at radius 3 is 2.70 bits per heavy atom. The normalized spacial score (nSPS) is 15.8. The molecule has 3 rings (SSSR count). The molecule has 0 spiro atoms. The van der Waals surface area contributed by atoms with Crippen LogP contribution in [0.15, 0.2) is 36.8 Å². The molecule has 2 N–H and O–H groups in total. The van der Waals surface area contributed by atoms with Gasteiger partial charge in [-0.25, -0.2) is 9.37 Å². The monoisotopic (exact) mass is 273 g/mol. The highest BCUT2D eigenvalue weighted by Gasteiger charge is 2.50. The minimum absolute atomic E-state index is 0.0311. The maximum absolute atomic E-state index is 12.9. The first kappa shape index (κ1) is 12.8. The summed E-state index contributed by atoms with van der Waals surface area (Å²) in [6.45, 7) is 0.573. The molecule has 1 aliphatic carbocycles. The number of aromatic amines is 1. The van der Waals surface area contributed by atoms with Crippen molar-refractivity contribution in [3.63, 3.8) is 0 Å². The zero-order valence-corrected chi connectivity index (χ0v) is 11.0. The van der Waals surface area contributed by atoms with Gasteiger partial charge in [0.1, 0.15) is 5.82 Å². The Hall–Kier alpha value is -2.17. The van der Waals surface area contributed by atoms with Gasteiger partial charge in [0.15, 0.2) is 0 Å². The van der Waals surface area contributed by atoms with Gasteiger partial charge in [0, 0.05) is 24.9 Å². The van der Waals surface area contributed by atoms with Gasteiger partial charge in [-0.3, -0.25) is 4.79 Å². The molecule has 1 fully saturated rings. The second-order valence-electron chi connectivity index (χ2n) is 5.17. The van der Waals surface area contributed by atoms with Crippen molar-refractivity contribution >= 4 is 5.91 Å². The topological polar surface area (TPSA) is 57.8 Å². The number of imidazole rings is 1. The molecule has 0 saturated heterocycles. The Labute approximate surface area is 116 Å². The number of nitrogens with one attached hydrogen (secondary N) is 2. The van der Waals surface area contributed by atoms with Gasteiger partial charge in [-0.05, 0) is 30.5 Å². The summed E-state index contributed by atoms with van der Waals surface area (Å²) < 4.78 is 12.9. The van der Waals surface area contributed by atoms with Crippen LogP contribution < -0.4 is 5.32 Å². The molecule has 0 unspecified atom stereocenters. The number of H-pyrrole nitrogens is 1. The molecule has 4 nitrogen and oxygen atoms in total. The van der Waals surface area contributed by atoms with Gasteiger partial charge in [0.2, 0.25) is 5.91 Å². The predicted octanol–water partition coefficient (Wildman–Crippen LogP) is 1.94. The Balaban J connectivity index is 1.60. The Morgan fingerprint density at radius 1 is 1.35 bits per heavy atom. The molecule has 1 aromatic heterocycles. The third-order valence-corrected chi connectivity index (χ3v) is 3.82. The number of carbonyl (C=O) groups is 1. The first-order chi connectivity index (χ1) is 9.71.